The molecular weight excluding hydrogens is 376 g/mol. The van der Waals surface area contributed by atoms with Gasteiger partial charge >= 0.3 is 37.7 Å². The number of rotatable bonds is 2. The Morgan fingerprint density at radius 1 is 0.739 bits per heavy atom. The smallest absolute Gasteiger partial charge is 0.745 e. The topological polar surface area (TPSA) is 155 Å². The van der Waals surface area contributed by atoms with Crippen molar-refractivity contribution in [2.45, 2.75) is 22.7 Å². The average Bonchev–Trinajstić information content (AvgIpc) is 2.39. The van der Waals surface area contributed by atoms with Crippen LogP contribution in [0.2, 0.25) is 0 Å². The minimum Gasteiger partial charge on any atom is -0.745 e. The van der Waals surface area contributed by atoms with E-state index >= 15 is 0 Å². The first-order valence-electron chi connectivity index (χ1n) is 5.96. The Kier molecular flexibility index (Phi) is 8.35. The van der Waals surface area contributed by atoms with Crippen LogP contribution in [0.15, 0.2) is 48.6 Å². The summed E-state index contributed by atoms with van der Waals surface area (Å²) in [6.45, 7) is 0. The molecule has 11 heteroatoms. The molecule has 2 aliphatic rings. The van der Waals surface area contributed by atoms with Gasteiger partial charge in [0.25, 0.3) is 0 Å². The third-order valence-corrected chi connectivity index (χ3v) is 5.23. The molecule has 0 saturated heterocycles. The zero-order valence-electron chi connectivity index (χ0n) is 11.9. The Labute approximate surface area is 164 Å². The van der Waals surface area contributed by atoms with Crippen molar-refractivity contribution >= 4 is 58.0 Å². The second kappa shape index (κ2) is 8.37. The van der Waals surface area contributed by atoms with Gasteiger partial charge in [-0.15, -0.1) is 0 Å². The van der Waals surface area contributed by atoms with Gasteiger partial charge in [-0.3, -0.25) is 0 Å². The van der Waals surface area contributed by atoms with E-state index in [4.69, 9.17) is 10.2 Å². The van der Waals surface area contributed by atoms with Gasteiger partial charge in [-0.25, -0.2) is 16.8 Å². The van der Waals surface area contributed by atoms with Crippen LogP contribution in [0.3, 0.4) is 0 Å². The van der Waals surface area contributed by atoms with Gasteiger partial charge < -0.3 is 19.3 Å². The van der Waals surface area contributed by atoms with Crippen LogP contribution in [-0.4, -0.2) is 83.8 Å². The van der Waals surface area contributed by atoms with E-state index in [9.17, 15) is 25.9 Å². The SMILES string of the molecule is O=S(=O)([O-])C1(O)C=CC=CC1.O=S(=O)([O-])C1(O)C=CC=CC1.[Ca+2]. The van der Waals surface area contributed by atoms with E-state index in [0.717, 1.165) is 12.2 Å². The zero-order chi connectivity index (χ0) is 17.1. The van der Waals surface area contributed by atoms with Gasteiger partial charge in [0.15, 0.2) is 9.87 Å². The first kappa shape index (κ1) is 23.0. The normalized spacial score (nSPS) is 29.4. The number of aliphatic hydroxyl groups is 2. The molecule has 0 aromatic heterocycles. The largest absolute Gasteiger partial charge is 2.00 e. The van der Waals surface area contributed by atoms with Crippen molar-refractivity contribution in [3.8, 4) is 0 Å². The molecular formula is C12H14CaO8S2. The van der Waals surface area contributed by atoms with Crippen LogP contribution in [-0.2, 0) is 20.2 Å². The van der Waals surface area contributed by atoms with Gasteiger partial charge in [0.2, 0.25) is 0 Å². The molecule has 124 valence electrons. The van der Waals surface area contributed by atoms with Crippen LogP contribution >= 0.6 is 0 Å². The molecule has 0 aromatic rings. The van der Waals surface area contributed by atoms with Crippen molar-refractivity contribution in [3.05, 3.63) is 48.6 Å². The van der Waals surface area contributed by atoms with Crippen molar-refractivity contribution in [2.75, 3.05) is 0 Å². The molecule has 8 nitrogen and oxygen atoms in total. The Bertz CT molecular complexity index is 671. The number of hydrogen-bond acceptors (Lipinski definition) is 8. The quantitative estimate of drug-likeness (QED) is 0.453. The fraction of sp³-hybridized carbons (Fsp3) is 0.333. The Balaban J connectivity index is 0.000000403. The summed E-state index contributed by atoms with van der Waals surface area (Å²) in [5, 5.41) is 18.3. The van der Waals surface area contributed by atoms with Gasteiger partial charge in [-0.2, -0.15) is 0 Å². The summed E-state index contributed by atoms with van der Waals surface area (Å²) in [5.74, 6) is 0. The standard InChI is InChI=1S/2C6H8O4S.Ca/c2*7-6(11(8,9)10)4-2-1-3-5-6;/h2*1-4,7H,5H2,(H,8,9,10);/q;;+2/p-2. The first-order chi connectivity index (χ1) is 9.91. The summed E-state index contributed by atoms with van der Waals surface area (Å²) in [6.07, 6.45) is 10.3. The maximum atomic E-state index is 10.4. The Hall–Kier alpha value is -0.0403. The van der Waals surface area contributed by atoms with Gasteiger partial charge in [-0.1, -0.05) is 36.5 Å². The molecule has 2 unspecified atom stereocenters. The predicted molar refractivity (Wildman–Crippen MR) is 80.8 cm³/mol. The molecule has 2 N–H and O–H groups in total. The molecule has 2 aliphatic carbocycles. The zero-order valence-corrected chi connectivity index (χ0v) is 15.7. The summed E-state index contributed by atoms with van der Waals surface area (Å²) in [7, 11) is -9.32. The van der Waals surface area contributed by atoms with Crippen molar-refractivity contribution in [3.63, 3.8) is 0 Å². The van der Waals surface area contributed by atoms with E-state index in [1.165, 1.54) is 24.3 Å². The molecule has 0 aliphatic heterocycles. The van der Waals surface area contributed by atoms with Gasteiger partial charge in [-0.05, 0) is 12.2 Å². The van der Waals surface area contributed by atoms with Crippen LogP contribution < -0.4 is 0 Å². The molecule has 0 amide bonds. The van der Waals surface area contributed by atoms with Gasteiger partial charge in [0.05, 0.1) is 0 Å². The minimum atomic E-state index is -4.66. The van der Waals surface area contributed by atoms with E-state index in [0.29, 0.717) is 0 Å². The second-order valence-corrected chi connectivity index (χ2v) is 7.81. The molecule has 2 atom stereocenters. The van der Waals surface area contributed by atoms with E-state index < -0.39 is 30.1 Å². The third-order valence-electron chi connectivity index (χ3n) is 2.89. The van der Waals surface area contributed by atoms with Gasteiger partial charge in [0.1, 0.15) is 20.2 Å². The maximum absolute atomic E-state index is 10.4. The Morgan fingerprint density at radius 3 is 1.17 bits per heavy atom. The molecule has 23 heavy (non-hydrogen) atoms. The van der Waals surface area contributed by atoms with Crippen LogP contribution in [0.1, 0.15) is 12.8 Å². The molecule has 0 saturated carbocycles. The monoisotopic (exact) mass is 390 g/mol. The van der Waals surface area contributed by atoms with E-state index in [2.05, 4.69) is 0 Å². The van der Waals surface area contributed by atoms with Crippen molar-refractivity contribution in [1.82, 2.24) is 0 Å². The molecule has 0 bridgehead atoms. The van der Waals surface area contributed by atoms with Crippen LogP contribution in [0.4, 0.5) is 0 Å². The van der Waals surface area contributed by atoms with Crippen molar-refractivity contribution < 1.29 is 36.2 Å². The number of allylic oxidation sites excluding steroid dienone is 4. The molecule has 0 radical (unpaired) electrons. The fourth-order valence-corrected chi connectivity index (χ4v) is 2.64. The van der Waals surface area contributed by atoms with Crippen molar-refractivity contribution in [2.24, 2.45) is 0 Å². The van der Waals surface area contributed by atoms with E-state index in [1.807, 2.05) is 0 Å². The summed E-state index contributed by atoms with van der Waals surface area (Å²) in [5.41, 5.74) is 0. The molecule has 0 aromatic carbocycles. The summed E-state index contributed by atoms with van der Waals surface area (Å²) in [6, 6.07) is 0. The molecule has 2 rings (SSSR count). The van der Waals surface area contributed by atoms with Crippen LogP contribution in [0, 0.1) is 0 Å². The molecule has 0 fully saturated rings. The average molecular weight is 390 g/mol. The minimum absolute atomic E-state index is 0. The fourth-order valence-electron chi connectivity index (χ4n) is 1.55. The first-order valence-corrected chi connectivity index (χ1v) is 8.77. The summed E-state index contributed by atoms with van der Waals surface area (Å²) >= 11 is 0. The predicted octanol–water partition coefficient (Wildman–Crippen LogP) is -0.908. The van der Waals surface area contributed by atoms with E-state index in [1.54, 1.807) is 12.2 Å². The molecule has 0 heterocycles. The second-order valence-electron chi connectivity index (χ2n) is 4.58. The molecule has 0 spiro atoms. The van der Waals surface area contributed by atoms with Crippen LogP contribution in [0.25, 0.3) is 0 Å². The van der Waals surface area contributed by atoms with Crippen molar-refractivity contribution in [1.29, 1.82) is 0 Å². The Morgan fingerprint density at radius 2 is 1.04 bits per heavy atom. The summed E-state index contributed by atoms with van der Waals surface area (Å²) < 4.78 is 62.5. The van der Waals surface area contributed by atoms with E-state index in [-0.39, 0.29) is 50.6 Å². The number of hydrogen-bond donors (Lipinski definition) is 2. The summed E-state index contributed by atoms with van der Waals surface area (Å²) in [4.78, 5) is -4.47. The third kappa shape index (κ3) is 6.07. The van der Waals surface area contributed by atoms with Gasteiger partial charge in [0, 0.05) is 12.8 Å². The van der Waals surface area contributed by atoms with Crippen LogP contribution in [0.5, 0.6) is 0 Å². The maximum Gasteiger partial charge on any atom is 2.00 e.